The number of hydrogen-bond acceptors (Lipinski definition) is 4. The maximum absolute atomic E-state index is 11.7. The zero-order valence-corrected chi connectivity index (χ0v) is 9.23. The van der Waals surface area contributed by atoms with Crippen LogP contribution in [0.3, 0.4) is 0 Å². The quantitative estimate of drug-likeness (QED) is 0.762. The number of aliphatic hydroxyl groups excluding tert-OH is 1. The third kappa shape index (κ3) is 2.62. The second-order valence-corrected chi connectivity index (χ2v) is 3.80. The highest BCUT2D eigenvalue weighted by Crippen LogP contribution is 2.28. The molecule has 0 aliphatic carbocycles. The van der Waals surface area contributed by atoms with Crippen LogP contribution < -0.4 is 10.1 Å². The highest BCUT2D eigenvalue weighted by atomic mass is 16.5. The van der Waals surface area contributed by atoms with Crippen LogP contribution in [-0.4, -0.2) is 30.0 Å². The molecular formula is C12H13NO4. The lowest BCUT2D eigenvalue weighted by Gasteiger charge is -2.18. The Balaban J connectivity index is 2.18. The van der Waals surface area contributed by atoms with Gasteiger partial charge in [-0.3, -0.25) is 9.59 Å². The smallest absolute Gasteiger partial charge is 0.262 e. The van der Waals surface area contributed by atoms with Crippen LogP contribution in [0.25, 0.3) is 0 Å². The number of carbonyl (C=O) groups excluding carboxylic acids is 2. The summed E-state index contributed by atoms with van der Waals surface area (Å²) >= 11 is 0. The Bertz CT molecular complexity index is 456. The summed E-state index contributed by atoms with van der Waals surface area (Å²) in [4.78, 5) is 22.8. The molecule has 2 rings (SSSR count). The molecule has 5 heteroatoms. The summed E-state index contributed by atoms with van der Waals surface area (Å²) in [6, 6.07) is 4.93. The first-order valence-corrected chi connectivity index (χ1v) is 5.41. The van der Waals surface area contributed by atoms with Crippen LogP contribution in [0, 0.1) is 0 Å². The van der Waals surface area contributed by atoms with E-state index in [4.69, 9.17) is 9.84 Å². The van der Waals surface area contributed by atoms with Gasteiger partial charge in [-0.2, -0.15) is 0 Å². The largest absolute Gasteiger partial charge is 0.482 e. The van der Waals surface area contributed by atoms with Crippen LogP contribution in [0.5, 0.6) is 5.75 Å². The second kappa shape index (κ2) is 4.97. The topological polar surface area (TPSA) is 75.6 Å². The molecule has 0 unspecified atom stereocenters. The number of nitrogens with one attached hydrogen (secondary N) is 1. The molecular weight excluding hydrogens is 222 g/mol. The summed E-state index contributed by atoms with van der Waals surface area (Å²) < 4.78 is 5.19. The summed E-state index contributed by atoms with van der Waals surface area (Å²) in [7, 11) is 0. The Kier molecular flexibility index (Phi) is 3.39. The molecule has 0 bridgehead atoms. The molecule has 1 aromatic carbocycles. The molecule has 1 amide bonds. The van der Waals surface area contributed by atoms with Crippen LogP contribution in [-0.2, 0) is 4.79 Å². The fourth-order valence-electron chi connectivity index (χ4n) is 1.64. The van der Waals surface area contributed by atoms with Crippen molar-refractivity contribution in [1.29, 1.82) is 0 Å². The van der Waals surface area contributed by atoms with Gasteiger partial charge < -0.3 is 15.2 Å². The van der Waals surface area contributed by atoms with Crippen molar-refractivity contribution in [2.45, 2.75) is 12.8 Å². The number of aliphatic hydroxyl groups is 1. The van der Waals surface area contributed by atoms with Gasteiger partial charge in [-0.25, -0.2) is 0 Å². The first-order valence-electron chi connectivity index (χ1n) is 5.41. The van der Waals surface area contributed by atoms with E-state index in [0.29, 0.717) is 29.8 Å². The first-order chi connectivity index (χ1) is 8.20. The first kappa shape index (κ1) is 11.6. The molecule has 1 aromatic rings. The number of ether oxygens (including phenoxy) is 1. The van der Waals surface area contributed by atoms with Gasteiger partial charge in [-0.05, 0) is 24.6 Å². The van der Waals surface area contributed by atoms with Crippen molar-refractivity contribution >= 4 is 17.4 Å². The monoisotopic (exact) mass is 235 g/mol. The van der Waals surface area contributed by atoms with Crippen LogP contribution in [0.2, 0.25) is 0 Å². The molecule has 5 nitrogen and oxygen atoms in total. The molecule has 0 atom stereocenters. The van der Waals surface area contributed by atoms with Gasteiger partial charge in [0.25, 0.3) is 5.91 Å². The molecule has 0 saturated heterocycles. The van der Waals surface area contributed by atoms with Gasteiger partial charge in [0.15, 0.2) is 12.4 Å². The Hall–Kier alpha value is -1.88. The molecule has 0 fully saturated rings. The Morgan fingerprint density at radius 1 is 1.47 bits per heavy atom. The maximum atomic E-state index is 11.7. The van der Waals surface area contributed by atoms with Crippen molar-refractivity contribution in [2.75, 3.05) is 18.5 Å². The molecule has 0 spiro atoms. The minimum absolute atomic E-state index is 0.00344. The summed E-state index contributed by atoms with van der Waals surface area (Å²) in [6.45, 7) is 0.00132. The highest BCUT2D eigenvalue weighted by Gasteiger charge is 2.17. The van der Waals surface area contributed by atoms with E-state index in [1.54, 1.807) is 18.2 Å². The minimum atomic E-state index is -0.225. The van der Waals surface area contributed by atoms with E-state index in [1.807, 2.05) is 0 Å². The summed E-state index contributed by atoms with van der Waals surface area (Å²) in [5.74, 6) is 0.294. The van der Waals surface area contributed by atoms with Gasteiger partial charge in [0.2, 0.25) is 0 Å². The summed E-state index contributed by atoms with van der Waals surface area (Å²) in [5, 5.41) is 11.3. The summed E-state index contributed by atoms with van der Waals surface area (Å²) in [5.41, 5.74) is 1.04. The minimum Gasteiger partial charge on any atom is -0.482 e. The molecule has 0 radical (unpaired) electrons. The van der Waals surface area contributed by atoms with Crippen LogP contribution in [0.15, 0.2) is 18.2 Å². The lowest BCUT2D eigenvalue weighted by Crippen LogP contribution is -2.25. The third-order valence-electron chi connectivity index (χ3n) is 2.50. The van der Waals surface area contributed by atoms with E-state index in [0.717, 1.165) is 0 Å². The zero-order chi connectivity index (χ0) is 12.3. The standard InChI is InChI=1S/C12H13NO4/c14-5-1-2-10(15)8-3-4-11-9(6-8)13-12(16)7-17-11/h3-4,6,14H,1-2,5,7H2,(H,13,16). The molecule has 2 N–H and O–H groups in total. The summed E-state index contributed by atoms with van der Waals surface area (Å²) in [6.07, 6.45) is 0.739. The van der Waals surface area contributed by atoms with Crippen molar-refractivity contribution in [3.05, 3.63) is 23.8 Å². The van der Waals surface area contributed by atoms with Crippen LogP contribution in [0.1, 0.15) is 23.2 Å². The van der Waals surface area contributed by atoms with E-state index in [9.17, 15) is 9.59 Å². The Morgan fingerprint density at radius 2 is 2.29 bits per heavy atom. The lowest BCUT2D eigenvalue weighted by molar-refractivity contribution is -0.118. The lowest BCUT2D eigenvalue weighted by atomic mass is 10.1. The van der Waals surface area contributed by atoms with Crippen LogP contribution >= 0.6 is 0 Å². The number of hydrogen-bond donors (Lipinski definition) is 2. The molecule has 1 heterocycles. The van der Waals surface area contributed by atoms with E-state index in [1.165, 1.54) is 0 Å². The third-order valence-corrected chi connectivity index (χ3v) is 2.50. The molecule has 17 heavy (non-hydrogen) atoms. The maximum Gasteiger partial charge on any atom is 0.262 e. The number of amides is 1. The predicted octanol–water partition coefficient (Wildman–Crippen LogP) is 0.973. The molecule has 0 saturated carbocycles. The van der Waals surface area contributed by atoms with Gasteiger partial charge in [0.05, 0.1) is 5.69 Å². The van der Waals surface area contributed by atoms with Crippen molar-refractivity contribution in [3.63, 3.8) is 0 Å². The van der Waals surface area contributed by atoms with Gasteiger partial charge in [-0.15, -0.1) is 0 Å². The van der Waals surface area contributed by atoms with Crippen molar-refractivity contribution in [2.24, 2.45) is 0 Å². The van der Waals surface area contributed by atoms with E-state index < -0.39 is 0 Å². The fraction of sp³-hybridized carbons (Fsp3) is 0.333. The molecule has 90 valence electrons. The fourth-order valence-corrected chi connectivity index (χ4v) is 1.64. The number of fused-ring (bicyclic) bond motifs is 1. The number of carbonyl (C=O) groups is 2. The average molecular weight is 235 g/mol. The normalized spacial score (nSPS) is 13.6. The van der Waals surface area contributed by atoms with Gasteiger partial charge in [0, 0.05) is 18.6 Å². The molecule has 0 aromatic heterocycles. The average Bonchev–Trinajstić information content (AvgIpc) is 2.35. The van der Waals surface area contributed by atoms with Gasteiger partial charge in [0.1, 0.15) is 5.75 Å². The second-order valence-electron chi connectivity index (χ2n) is 3.80. The Labute approximate surface area is 98.4 Å². The molecule has 1 aliphatic rings. The highest BCUT2D eigenvalue weighted by molar-refractivity contribution is 6.00. The van der Waals surface area contributed by atoms with Crippen molar-refractivity contribution in [3.8, 4) is 5.75 Å². The van der Waals surface area contributed by atoms with E-state index in [2.05, 4.69) is 5.32 Å². The zero-order valence-electron chi connectivity index (χ0n) is 9.23. The number of Topliss-reactive ketones (excluding diaryl/α,β-unsaturated/α-hetero) is 1. The van der Waals surface area contributed by atoms with Crippen molar-refractivity contribution in [1.82, 2.24) is 0 Å². The number of benzene rings is 1. The number of anilines is 1. The number of rotatable bonds is 4. The van der Waals surface area contributed by atoms with E-state index in [-0.39, 0.29) is 24.9 Å². The van der Waals surface area contributed by atoms with E-state index >= 15 is 0 Å². The van der Waals surface area contributed by atoms with Crippen LogP contribution in [0.4, 0.5) is 5.69 Å². The number of ketones is 1. The predicted molar refractivity (Wildman–Crippen MR) is 61.2 cm³/mol. The van der Waals surface area contributed by atoms with Gasteiger partial charge >= 0.3 is 0 Å². The molecule has 1 aliphatic heterocycles. The SMILES string of the molecule is O=C1COc2ccc(C(=O)CCCO)cc2N1. The Morgan fingerprint density at radius 3 is 3.06 bits per heavy atom. The van der Waals surface area contributed by atoms with Gasteiger partial charge in [-0.1, -0.05) is 0 Å². The van der Waals surface area contributed by atoms with Crippen molar-refractivity contribution < 1.29 is 19.4 Å².